The Morgan fingerprint density at radius 1 is 1.30 bits per heavy atom. The quantitative estimate of drug-likeness (QED) is 0.895. The summed E-state index contributed by atoms with van der Waals surface area (Å²) in [5, 5.41) is 3.87. The Kier molecular flexibility index (Phi) is 5.06. The van der Waals surface area contributed by atoms with E-state index >= 15 is 0 Å². The smallest absolute Gasteiger partial charge is 0.225 e. The number of carbonyl (C=O) groups excluding carboxylic acids is 1. The number of hydrogen-bond acceptors (Lipinski definition) is 2. The molecule has 3 unspecified atom stereocenters. The number of nitrogens with one attached hydrogen (secondary N) is 1. The Bertz CT molecular complexity index is 458. The van der Waals surface area contributed by atoms with Crippen LogP contribution < -0.4 is 11.1 Å². The molecule has 1 amide bonds. The van der Waals surface area contributed by atoms with Gasteiger partial charge in [-0.05, 0) is 36.5 Å². The largest absolute Gasteiger partial charge is 0.349 e. The third-order valence-corrected chi connectivity index (χ3v) is 4.35. The summed E-state index contributed by atoms with van der Waals surface area (Å²) in [6.07, 6.45) is 2.90. The van der Waals surface area contributed by atoms with Crippen LogP contribution in [0.15, 0.2) is 24.3 Å². The lowest BCUT2D eigenvalue weighted by molar-refractivity contribution is -0.126. The van der Waals surface area contributed by atoms with Gasteiger partial charge in [-0.15, -0.1) is 0 Å². The molecular formula is C16H23ClN2O. The minimum absolute atomic E-state index is 0.00701. The Balaban J connectivity index is 2.09. The molecule has 1 aliphatic rings. The average Bonchev–Trinajstić information content (AvgIpc) is 2.83. The summed E-state index contributed by atoms with van der Waals surface area (Å²) >= 11 is 5.92. The van der Waals surface area contributed by atoms with Gasteiger partial charge in [0.25, 0.3) is 0 Å². The highest BCUT2D eigenvalue weighted by Gasteiger charge is 2.32. The van der Waals surface area contributed by atoms with Gasteiger partial charge in [-0.25, -0.2) is 0 Å². The highest BCUT2D eigenvalue weighted by Crippen LogP contribution is 2.27. The van der Waals surface area contributed by atoms with Crippen LogP contribution in [-0.4, -0.2) is 11.9 Å². The Morgan fingerprint density at radius 3 is 2.45 bits per heavy atom. The van der Waals surface area contributed by atoms with Gasteiger partial charge in [0.1, 0.15) is 0 Å². The summed E-state index contributed by atoms with van der Waals surface area (Å²) in [5.41, 5.74) is 7.10. The molecule has 1 saturated carbocycles. The summed E-state index contributed by atoms with van der Waals surface area (Å²) in [7, 11) is 0. The molecule has 2 rings (SSSR count). The molecule has 0 aromatic heterocycles. The summed E-state index contributed by atoms with van der Waals surface area (Å²) in [6.45, 7) is 4.21. The maximum Gasteiger partial charge on any atom is 0.225 e. The van der Waals surface area contributed by atoms with Crippen LogP contribution in [0.2, 0.25) is 5.02 Å². The highest BCUT2D eigenvalue weighted by molar-refractivity contribution is 6.30. The molecular weight excluding hydrogens is 272 g/mol. The predicted octanol–water partition coefficient (Wildman–Crippen LogP) is 3.28. The van der Waals surface area contributed by atoms with Gasteiger partial charge in [0.05, 0.1) is 12.0 Å². The van der Waals surface area contributed by atoms with Crippen molar-refractivity contribution in [3.8, 4) is 0 Å². The zero-order valence-electron chi connectivity index (χ0n) is 12.1. The molecule has 1 aromatic carbocycles. The zero-order valence-corrected chi connectivity index (χ0v) is 12.9. The first-order valence-corrected chi connectivity index (χ1v) is 7.68. The lowest BCUT2D eigenvalue weighted by atomic mass is 9.94. The zero-order chi connectivity index (χ0) is 14.7. The molecule has 0 heterocycles. The Hall–Kier alpha value is -1.06. The first-order valence-electron chi connectivity index (χ1n) is 7.30. The number of hydrogen-bond donors (Lipinski definition) is 2. The number of nitrogens with two attached hydrogens (primary N) is 1. The van der Waals surface area contributed by atoms with E-state index in [1.165, 1.54) is 0 Å². The molecule has 0 bridgehead atoms. The fraction of sp³-hybridized carbons (Fsp3) is 0.562. The van der Waals surface area contributed by atoms with Crippen LogP contribution in [0, 0.1) is 11.8 Å². The number of carbonyl (C=O) groups is 1. The normalized spacial score (nSPS) is 23.9. The van der Waals surface area contributed by atoms with E-state index in [9.17, 15) is 4.79 Å². The van der Waals surface area contributed by atoms with Crippen molar-refractivity contribution in [2.75, 3.05) is 0 Å². The van der Waals surface area contributed by atoms with Crippen molar-refractivity contribution in [2.24, 2.45) is 17.6 Å². The van der Waals surface area contributed by atoms with Crippen LogP contribution >= 0.6 is 11.6 Å². The summed E-state index contributed by atoms with van der Waals surface area (Å²) in [6, 6.07) is 7.68. The van der Waals surface area contributed by atoms with E-state index in [0.29, 0.717) is 10.9 Å². The molecule has 4 heteroatoms. The van der Waals surface area contributed by atoms with E-state index in [2.05, 4.69) is 19.2 Å². The monoisotopic (exact) mass is 294 g/mol. The fourth-order valence-corrected chi connectivity index (χ4v) is 3.01. The van der Waals surface area contributed by atoms with Crippen LogP contribution in [0.3, 0.4) is 0 Å². The molecule has 0 saturated heterocycles. The molecule has 3 atom stereocenters. The molecule has 110 valence electrons. The SMILES string of the molecule is CC(C)C(NC(=O)C1CCCC1N)c1ccc(Cl)cc1. The number of rotatable bonds is 4. The molecule has 0 radical (unpaired) electrons. The van der Waals surface area contributed by atoms with Gasteiger partial charge < -0.3 is 11.1 Å². The van der Waals surface area contributed by atoms with Crippen LogP contribution in [0.5, 0.6) is 0 Å². The number of amides is 1. The van der Waals surface area contributed by atoms with Crippen molar-refractivity contribution in [3.05, 3.63) is 34.9 Å². The van der Waals surface area contributed by atoms with Crippen molar-refractivity contribution in [1.82, 2.24) is 5.32 Å². The Labute approximate surface area is 125 Å². The molecule has 0 spiro atoms. The van der Waals surface area contributed by atoms with Crippen molar-refractivity contribution in [1.29, 1.82) is 0 Å². The van der Waals surface area contributed by atoms with Crippen LogP contribution in [0.4, 0.5) is 0 Å². The third-order valence-electron chi connectivity index (χ3n) is 4.10. The topological polar surface area (TPSA) is 55.1 Å². The first-order chi connectivity index (χ1) is 9.49. The van der Waals surface area contributed by atoms with Gasteiger partial charge in [-0.1, -0.05) is 44.0 Å². The molecule has 3 nitrogen and oxygen atoms in total. The predicted molar refractivity (Wildman–Crippen MR) is 82.5 cm³/mol. The van der Waals surface area contributed by atoms with E-state index in [0.717, 1.165) is 24.8 Å². The van der Waals surface area contributed by atoms with E-state index in [-0.39, 0.29) is 23.9 Å². The van der Waals surface area contributed by atoms with Crippen molar-refractivity contribution in [3.63, 3.8) is 0 Å². The van der Waals surface area contributed by atoms with Gasteiger partial charge in [-0.2, -0.15) is 0 Å². The van der Waals surface area contributed by atoms with Gasteiger partial charge in [-0.3, -0.25) is 4.79 Å². The second-order valence-electron chi connectivity index (χ2n) is 5.98. The van der Waals surface area contributed by atoms with Crippen LogP contribution in [0.1, 0.15) is 44.7 Å². The van der Waals surface area contributed by atoms with Crippen LogP contribution in [-0.2, 0) is 4.79 Å². The lowest BCUT2D eigenvalue weighted by Crippen LogP contribution is -2.41. The summed E-state index contributed by atoms with van der Waals surface area (Å²) in [4.78, 5) is 12.4. The highest BCUT2D eigenvalue weighted by atomic mass is 35.5. The minimum atomic E-state index is -0.0384. The maximum absolute atomic E-state index is 12.4. The first kappa shape index (κ1) is 15.3. The molecule has 1 aliphatic carbocycles. The maximum atomic E-state index is 12.4. The second kappa shape index (κ2) is 6.59. The van der Waals surface area contributed by atoms with E-state index < -0.39 is 0 Å². The number of halogens is 1. The lowest BCUT2D eigenvalue weighted by Gasteiger charge is -2.26. The molecule has 0 aliphatic heterocycles. The van der Waals surface area contributed by atoms with Crippen molar-refractivity contribution >= 4 is 17.5 Å². The van der Waals surface area contributed by atoms with Crippen molar-refractivity contribution in [2.45, 2.75) is 45.2 Å². The van der Waals surface area contributed by atoms with E-state index in [1.54, 1.807) is 0 Å². The molecule has 1 aromatic rings. The van der Waals surface area contributed by atoms with Gasteiger partial charge in [0.15, 0.2) is 0 Å². The van der Waals surface area contributed by atoms with Gasteiger partial charge in [0.2, 0.25) is 5.91 Å². The second-order valence-corrected chi connectivity index (χ2v) is 6.42. The van der Waals surface area contributed by atoms with Crippen LogP contribution in [0.25, 0.3) is 0 Å². The van der Waals surface area contributed by atoms with Crippen molar-refractivity contribution < 1.29 is 4.79 Å². The molecule has 20 heavy (non-hydrogen) atoms. The van der Waals surface area contributed by atoms with E-state index in [1.807, 2.05) is 24.3 Å². The average molecular weight is 295 g/mol. The molecule has 3 N–H and O–H groups in total. The number of benzene rings is 1. The van der Waals surface area contributed by atoms with Gasteiger partial charge >= 0.3 is 0 Å². The van der Waals surface area contributed by atoms with E-state index in [4.69, 9.17) is 17.3 Å². The third kappa shape index (κ3) is 3.53. The van der Waals surface area contributed by atoms with Gasteiger partial charge in [0, 0.05) is 11.1 Å². The standard InChI is InChI=1S/C16H23ClN2O/c1-10(2)15(11-6-8-12(17)9-7-11)19-16(20)13-4-3-5-14(13)18/h6-10,13-15H,3-5,18H2,1-2H3,(H,19,20). The summed E-state index contributed by atoms with van der Waals surface area (Å²) in [5.74, 6) is 0.366. The Morgan fingerprint density at radius 2 is 1.95 bits per heavy atom. The summed E-state index contributed by atoms with van der Waals surface area (Å²) < 4.78 is 0. The molecule has 1 fully saturated rings. The minimum Gasteiger partial charge on any atom is -0.349 e. The fourth-order valence-electron chi connectivity index (χ4n) is 2.88.